The number of unbranched alkanes of at least 4 members (excludes halogenated alkanes) is 4. The van der Waals surface area contributed by atoms with Crippen molar-refractivity contribution in [3.63, 3.8) is 0 Å². The quantitative estimate of drug-likeness (QED) is 0.112. The molecule has 1 heterocycles. The maximum absolute atomic E-state index is 13.0. The van der Waals surface area contributed by atoms with Crippen LogP contribution in [0.25, 0.3) is 0 Å². The molecule has 6 heteroatoms. The molecule has 1 aliphatic rings. The fraction of sp³-hybridized carbons (Fsp3) is 0.531. The first-order chi connectivity index (χ1) is 17.9. The van der Waals surface area contributed by atoms with Crippen molar-refractivity contribution in [2.24, 2.45) is 10.9 Å². The number of anilines is 2. The molecule has 6 nitrogen and oxygen atoms in total. The zero-order valence-corrected chi connectivity index (χ0v) is 24.6. The minimum atomic E-state index is -1.03. The first kappa shape index (κ1) is 29.4. The van der Waals surface area contributed by atoms with Gasteiger partial charge in [-0.15, -0.1) is 0 Å². The molecule has 1 aliphatic heterocycles. The van der Waals surface area contributed by atoms with Crippen LogP contribution in [0.5, 0.6) is 0 Å². The number of aryl methyl sites for hydroxylation is 2. The van der Waals surface area contributed by atoms with Gasteiger partial charge < -0.3 is 14.5 Å². The number of hydrogen-bond acceptors (Lipinski definition) is 5. The SMILES string of the molecule is CCCCCCCN(C(=Nc1c(C)cc(N(C)C)cc1C)C1C(=O)COC1=O)c1ccc(C(C)(C)C)cc1. The average molecular weight is 520 g/mol. The highest BCUT2D eigenvalue weighted by molar-refractivity contribution is 6.26. The van der Waals surface area contributed by atoms with E-state index >= 15 is 0 Å². The predicted octanol–water partition coefficient (Wildman–Crippen LogP) is 6.92. The summed E-state index contributed by atoms with van der Waals surface area (Å²) in [5, 5.41) is 0. The van der Waals surface area contributed by atoms with Gasteiger partial charge >= 0.3 is 5.97 Å². The third-order valence-electron chi connectivity index (χ3n) is 7.20. The second-order valence-corrected chi connectivity index (χ2v) is 11.7. The largest absolute Gasteiger partial charge is 0.457 e. The highest BCUT2D eigenvalue weighted by atomic mass is 16.5. The van der Waals surface area contributed by atoms with E-state index in [1.807, 2.05) is 27.9 Å². The first-order valence-electron chi connectivity index (χ1n) is 13.9. The van der Waals surface area contributed by atoms with Crippen molar-refractivity contribution in [3.05, 3.63) is 53.1 Å². The van der Waals surface area contributed by atoms with Crippen molar-refractivity contribution >= 4 is 34.7 Å². The number of carbonyl (C=O) groups excluding carboxylic acids is 2. The number of ketones is 1. The number of carbonyl (C=O) groups is 2. The monoisotopic (exact) mass is 519 g/mol. The van der Waals surface area contributed by atoms with E-state index in [9.17, 15) is 9.59 Å². The Morgan fingerprint density at radius 1 is 0.947 bits per heavy atom. The topological polar surface area (TPSA) is 62.2 Å². The number of Topliss-reactive ketones (excluding diaryl/α,β-unsaturated/α-hetero) is 1. The number of amidine groups is 1. The summed E-state index contributed by atoms with van der Waals surface area (Å²) < 4.78 is 5.21. The Kier molecular flexibility index (Phi) is 9.75. The molecule has 1 atom stereocenters. The molecule has 0 N–H and O–H groups in total. The number of rotatable bonds is 10. The summed E-state index contributed by atoms with van der Waals surface area (Å²) in [6, 6.07) is 12.6. The molecule has 0 aromatic heterocycles. The van der Waals surface area contributed by atoms with Crippen LogP contribution in [0.3, 0.4) is 0 Å². The van der Waals surface area contributed by atoms with Crippen LogP contribution in [0.4, 0.5) is 17.1 Å². The van der Waals surface area contributed by atoms with Gasteiger partial charge in [-0.25, -0.2) is 4.99 Å². The number of ether oxygens (including phenoxy) is 1. The molecule has 1 saturated heterocycles. The maximum atomic E-state index is 13.0. The van der Waals surface area contributed by atoms with Gasteiger partial charge in [0, 0.05) is 32.0 Å². The molecule has 0 bridgehead atoms. The van der Waals surface area contributed by atoms with Gasteiger partial charge in [-0.3, -0.25) is 9.59 Å². The van der Waals surface area contributed by atoms with E-state index in [0.717, 1.165) is 47.5 Å². The molecule has 0 aliphatic carbocycles. The molecule has 3 rings (SSSR count). The molecule has 0 saturated carbocycles. The Bertz CT molecular complexity index is 1120. The minimum absolute atomic E-state index is 0.0219. The molecule has 38 heavy (non-hydrogen) atoms. The van der Waals surface area contributed by atoms with Gasteiger partial charge in [-0.2, -0.15) is 0 Å². The van der Waals surface area contributed by atoms with E-state index in [-0.39, 0.29) is 17.8 Å². The lowest BCUT2D eigenvalue weighted by molar-refractivity contribution is -0.139. The lowest BCUT2D eigenvalue weighted by Crippen LogP contribution is -2.41. The molecule has 206 valence electrons. The summed E-state index contributed by atoms with van der Waals surface area (Å²) in [4.78, 5) is 35.2. The normalized spacial score (nSPS) is 16.1. The summed E-state index contributed by atoms with van der Waals surface area (Å²) in [5.74, 6) is -1.33. The van der Waals surface area contributed by atoms with Gasteiger partial charge in [-0.1, -0.05) is 65.5 Å². The van der Waals surface area contributed by atoms with Crippen molar-refractivity contribution in [1.82, 2.24) is 0 Å². The highest BCUT2D eigenvalue weighted by Crippen LogP contribution is 2.33. The van der Waals surface area contributed by atoms with E-state index < -0.39 is 11.9 Å². The molecule has 0 radical (unpaired) electrons. The van der Waals surface area contributed by atoms with E-state index in [0.29, 0.717) is 12.4 Å². The molecular weight excluding hydrogens is 474 g/mol. The van der Waals surface area contributed by atoms with E-state index in [2.05, 4.69) is 73.9 Å². The number of benzene rings is 2. The van der Waals surface area contributed by atoms with Crippen LogP contribution >= 0.6 is 0 Å². The third kappa shape index (κ3) is 7.03. The van der Waals surface area contributed by atoms with Crippen LogP contribution < -0.4 is 9.80 Å². The number of hydrogen-bond donors (Lipinski definition) is 0. The van der Waals surface area contributed by atoms with Crippen LogP contribution in [0.15, 0.2) is 41.4 Å². The Hall–Kier alpha value is -3.15. The van der Waals surface area contributed by atoms with Gasteiger partial charge in [-0.05, 0) is 66.6 Å². The van der Waals surface area contributed by atoms with Gasteiger partial charge in [0.2, 0.25) is 0 Å². The Morgan fingerprint density at radius 3 is 2.05 bits per heavy atom. The average Bonchev–Trinajstić information content (AvgIpc) is 3.19. The van der Waals surface area contributed by atoms with Crippen LogP contribution in [0.1, 0.15) is 76.5 Å². The number of cyclic esters (lactones) is 1. The van der Waals surface area contributed by atoms with Crippen LogP contribution in [-0.4, -0.2) is 44.8 Å². The van der Waals surface area contributed by atoms with E-state index in [1.165, 1.54) is 18.4 Å². The predicted molar refractivity (Wildman–Crippen MR) is 158 cm³/mol. The Labute approximate surface area is 229 Å². The van der Waals surface area contributed by atoms with Gasteiger partial charge in [0.25, 0.3) is 0 Å². The smallest absolute Gasteiger partial charge is 0.324 e. The summed E-state index contributed by atoms with van der Waals surface area (Å²) >= 11 is 0. The molecular formula is C32H45N3O3. The second kappa shape index (κ2) is 12.6. The molecule has 2 aromatic carbocycles. The Morgan fingerprint density at radius 2 is 1.55 bits per heavy atom. The van der Waals surface area contributed by atoms with Crippen molar-refractivity contribution in [2.45, 2.75) is 79.1 Å². The van der Waals surface area contributed by atoms with Crippen LogP contribution in [0, 0.1) is 19.8 Å². The number of esters is 1. The van der Waals surface area contributed by atoms with Crippen molar-refractivity contribution in [2.75, 3.05) is 37.0 Å². The van der Waals surface area contributed by atoms with Gasteiger partial charge in [0.05, 0.1) is 5.69 Å². The van der Waals surface area contributed by atoms with Crippen LogP contribution in [-0.2, 0) is 19.7 Å². The van der Waals surface area contributed by atoms with Crippen molar-refractivity contribution in [3.8, 4) is 0 Å². The molecule has 0 spiro atoms. The second-order valence-electron chi connectivity index (χ2n) is 11.7. The minimum Gasteiger partial charge on any atom is -0.457 e. The molecule has 2 aromatic rings. The maximum Gasteiger partial charge on any atom is 0.324 e. The van der Waals surface area contributed by atoms with Gasteiger partial charge in [0.1, 0.15) is 5.84 Å². The molecule has 1 fully saturated rings. The lowest BCUT2D eigenvalue weighted by Gasteiger charge is -2.29. The molecule has 1 unspecified atom stereocenters. The van der Waals surface area contributed by atoms with Crippen molar-refractivity contribution < 1.29 is 14.3 Å². The van der Waals surface area contributed by atoms with Crippen molar-refractivity contribution in [1.29, 1.82) is 0 Å². The summed E-state index contributed by atoms with van der Waals surface area (Å²) in [7, 11) is 4.02. The fourth-order valence-corrected chi connectivity index (χ4v) is 4.84. The zero-order chi connectivity index (χ0) is 28.0. The first-order valence-corrected chi connectivity index (χ1v) is 13.9. The van der Waals surface area contributed by atoms with E-state index in [1.54, 1.807) is 0 Å². The number of nitrogens with zero attached hydrogens (tertiary/aromatic N) is 3. The fourth-order valence-electron chi connectivity index (χ4n) is 4.84. The summed E-state index contributed by atoms with van der Waals surface area (Å²) in [6.45, 7) is 13.3. The standard InChI is InChI=1S/C32H45N3O3/c1-9-10-11-12-13-18-35(25-16-14-24(15-17-25)32(4,5)6)30(28-27(36)21-38-31(28)37)33-29-22(2)19-26(34(7)8)20-23(29)3/h14-17,19-20,28H,9-13,18,21H2,1-8H3. The molecule has 0 amide bonds. The highest BCUT2D eigenvalue weighted by Gasteiger charge is 2.42. The summed E-state index contributed by atoms with van der Waals surface area (Å²) in [6.07, 6.45) is 5.55. The van der Waals surface area contributed by atoms with Gasteiger partial charge in [0.15, 0.2) is 18.3 Å². The number of aliphatic imine (C=N–C) groups is 1. The van der Waals surface area contributed by atoms with Crippen LogP contribution in [0.2, 0.25) is 0 Å². The zero-order valence-electron chi connectivity index (χ0n) is 24.6. The lowest BCUT2D eigenvalue weighted by atomic mass is 9.87. The summed E-state index contributed by atoms with van der Waals surface area (Å²) in [5.41, 5.74) is 6.05. The Balaban J connectivity index is 2.14. The van der Waals surface area contributed by atoms with E-state index in [4.69, 9.17) is 9.73 Å². The third-order valence-corrected chi connectivity index (χ3v) is 7.20.